The zero-order valence-electron chi connectivity index (χ0n) is 9.68. The molecule has 6 heteroatoms. The largest absolute Gasteiger partial charge is 0.473 e. The van der Waals surface area contributed by atoms with Gasteiger partial charge in [0, 0.05) is 18.2 Å². The van der Waals surface area contributed by atoms with Gasteiger partial charge in [-0.05, 0) is 26.3 Å². The summed E-state index contributed by atoms with van der Waals surface area (Å²) in [5.41, 5.74) is 0.696. The Morgan fingerprint density at radius 1 is 1.65 bits per heavy atom. The maximum atomic E-state index is 10.6. The first-order chi connectivity index (χ1) is 8.16. The predicted molar refractivity (Wildman–Crippen MR) is 62.1 cm³/mol. The van der Waals surface area contributed by atoms with Crippen molar-refractivity contribution < 1.29 is 9.66 Å². The third-order valence-corrected chi connectivity index (χ3v) is 2.76. The predicted octanol–water partition coefficient (Wildman–Crippen LogP) is 1.43. The van der Waals surface area contributed by atoms with E-state index >= 15 is 0 Å². The van der Waals surface area contributed by atoms with Gasteiger partial charge in [0.2, 0.25) is 5.88 Å². The van der Waals surface area contributed by atoms with Crippen LogP contribution in [0.5, 0.6) is 5.88 Å². The lowest BCUT2D eigenvalue weighted by atomic mass is 10.1. The average molecular weight is 237 g/mol. The summed E-state index contributed by atoms with van der Waals surface area (Å²) in [6.07, 6.45) is 3.41. The van der Waals surface area contributed by atoms with Crippen molar-refractivity contribution in [3.8, 4) is 5.88 Å². The Bertz CT molecular complexity index is 416. The van der Waals surface area contributed by atoms with Crippen LogP contribution in [0.3, 0.4) is 0 Å². The van der Waals surface area contributed by atoms with E-state index in [0.29, 0.717) is 11.4 Å². The number of hydrogen-bond donors (Lipinski definition) is 1. The molecule has 1 aliphatic rings. The van der Waals surface area contributed by atoms with Crippen LogP contribution >= 0.6 is 0 Å². The van der Waals surface area contributed by atoms with E-state index in [2.05, 4.69) is 10.3 Å². The third-order valence-electron chi connectivity index (χ3n) is 2.76. The standard InChI is InChI=1S/C11H15N3O3/c1-8-5-9(14(15)16)6-13-11(8)17-10-3-2-4-12-7-10/h5-6,10,12H,2-4,7H2,1H3. The maximum Gasteiger partial charge on any atom is 0.288 e. The molecule has 1 N–H and O–H groups in total. The molecular formula is C11H15N3O3. The second-order valence-corrected chi connectivity index (χ2v) is 4.16. The average Bonchev–Trinajstić information content (AvgIpc) is 2.33. The Hall–Kier alpha value is -1.69. The van der Waals surface area contributed by atoms with Gasteiger partial charge in [-0.1, -0.05) is 0 Å². The number of ether oxygens (including phenoxy) is 1. The van der Waals surface area contributed by atoms with E-state index in [0.717, 1.165) is 25.9 Å². The molecule has 17 heavy (non-hydrogen) atoms. The SMILES string of the molecule is Cc1cc([N+](=O)[O-])cnc1OC1CCCNC1. The number of rotatable bonds is 3. The number of nitrogens with one attached hydrogen (secondary N) is 1. The van der Waals surface area contributed by atoms with Crippen molar-refractivity contribution in [1.82, 2.24) is 10.3 Å². The zero-order chi connectivity index (χ0) is 12.3. The van der Waals surface area contributed by atoms with Gasteiger partial charge in [0.25, 0.3) is 5.69 Å². The molecular weight excluding hydrogens is 222 g/mol. The van der Waals surface area contributed by atoms with Crippen molar-refractivity contribution >= 4 is 5.69 Å². The number of aryl methyl sites for hydroxylation is 1. The molecule has 1 saturated heterocycles. The van der Waals surface area contributed by atoms with Gasteiger partial charge in [0.05, 0.1) is 4.92 Å². The van der Waals surface area contributed by atoms with Crippen molar-refractivity contribution in [2.75, 3.05) is 13.1 Å². The summed E-state index contributed by atoms with van der Waals surface area (Å²) in [6, 6.07) is 1.48. The van der Waals surface area contributed by atoms with Crippen LogP contribution in [0.15, 0.2) is 12.3 Å². The Kier molecular flexibility index (Phi) is 3.53. The lowest BCUT2D eigenvalue weighted by Crippen LogP contribution is -2.37. The van der Waals surface area contributed by atoms with Crippen molar-refractivity contribution in [1.29, 1.82) is 0 Å². The molecule has 0 aliphatic carbocycles. The Labute approximate surface area is 99.2 Å². The molecule has 2 rings (SSSR count). The highest BCUT2D eigenvalue weighted by Gasteiger charge is 2.17. The number of pyridine rings is 1. The number of hydrogen-bond acceptors (Lipinski definition) is 5. The molecule has 1 aliphatic heterocycles. The second kappa shape index (κ2) is 5.09. The van der Waals surface area contributed by atoms with Crippen LogP contribution in [0.25, 0.3) is 0 Å². The summed E-state index contributed by atoms with van der Waals surface area (Å²) in [5, 5.41) is 13.8. The number of piperidine rings is 1. The normalized spacial score (nSPS) is 19.9. The summed E-state index contributed by atoms with van der Waals surface area (Å²) < 4.78 is 5.72. The molecule has 1 unspecified atom stereocenters. The molecule has 0 aromatic carbocycles. The molecule has 0 radical (unpaired) electrons. The smallest absolute Gasteiger partial charge is 0.288 e. The van der Waals surface area contributed by atoms with Crippen molar-refractivity contribution in [3.63, 3.8) is 0 Å². The van der Waals surface area contributed by atoms with Crippen LogP contribution in [-0.4, -0.2) is 29.1 Å². The van der Waals surface area contributed by atoms with Crippen LogP contribution < -0.4 is 10.1 Å². The lowest BCUT2D eigenvalue weighted by molar-refractivity contribution is -0.385. The lowest BCUT2D eigenvalue weighted by Gasteiger charge is -2.23. The van der Waals surface area contributed by atoms with Gasteiger partial charge in [0.1, 0.15) is 12.3 Å². The molecule has 2 heterocycles. The zero-order valence-corrected chi connectivity index (χ0v) is 9.68. The fourth-order valence-corrected chi connectivity index (χ4v) is 1.85. The minimum Gasteiger partial charge on any atom is -0.473 e. The Morgan fingerprint density at radius 2 is 2.47 bits per heavy atom. The van der Waals surface area contributed by atoms with E-state index in [1.165, 1.54) is 12.3 Å². The molecule has 1 aromatic rings. The molecule has 1 atom stereocenters. The Morgan fingerprint density at radius 3 is 3.06 bits per heavy atom. The molecule has 6 nitrogen and oxygen atoms in total. The highest BCUT2D eigenvalue weighted by molar-refractivity contribution is 5.36. The fraction of sp³-hybridized carbons (Fsp3) is 0.545. The first-order valence-corrected chi connectivity index (χ1v) is 5.65. The molecule has 0 spiro atoms. The van der Waals surface area contributed by atoms with Crippen LogP contribution in [0, 0.1) is 17.0 Å². The molecule has 1 aromatic heterocycles. The van der Waals surface area contributed by atoms with Crippen molar-refractivity contribution in [2.24, 2.45) is 0 Å². The van der Waals surface area contributed by atoms with Crippen molar-refractivity contribution in [3.05, 3.63) is 27.9 Å². The van der Waals surface area contributed by atoms with Crippen LogP contribution in [0.1, 0.15) is 18.4 Å². The van der Waals surface area contributed by atoms with Crippen LogP contribution in [-0.2, 0) is 0 Å². The monoisotopic (exact) mass is 237 g/mol. The first kappa shape index (κ1) is 11.8. The highest BCUT2D eigenvalue weighted by atomic mass is 16.6. The summed E-state index contributed by atoms with van der Waals surface area (Å²) >= 11 is 0. The summed E-state index contributed by atoms with van der Waals surface area (Å²) in [7, 11) is 0. The minimum absolute atomic E-state index is 0.00313. The fourth-order valence-electron chi connectivity index (χ4n) is 1.85. The van der Waals surface area contributed by atoms with Crippen LogP contribution in [0.4, 0.5) is 5.69 Å². The molecule has 92 valence electrons. The number of nitrogens with zero attached hydrogens (tertiary/aromatic N) is 2. The summed E-state index contributed by atoms with van der Waals surface area (Å²) in [4.78, 5) is 14.1. The first-order valence-electron chi connectivity index (χ1n) is 5.65. The minimum atomic E-state index is -0.452. The number of aromatic nitrogens is 1. The van der Waals surface area contributed by atoms with Gasteiger partial charge in [-0.15, -0.1) is 0 Å². The van der Waals surface area contributed by atoms with E-state index in [4.69, 9.17) is 4.74 Å². The van der Waals surface area contributed by atoms with E-state index in [-0.39, 0.29) is 11.8 Å². The molecule has 0 bridgehead atoms. The summed E-state index contributed by atoms with van der Waals surface area (Å²) in [5.74, 6) is 0.490. The van der Waals surface area contributed by atoms with Gasteiger partial charge in [0.15, 0.2) is 0 Å². The second-order valence-electron chi connectivity index (χ2n) is 4.16. The van der Waals surface area contributed by atoms with E-state index in [9.17, 15) is 10.1 Å². The maximum absolute atomic E-state index is 10.6. The van der Waals surface area contributed by atoms with Crippen LogP contribution in [0.2, 0.25) is 0 Å². The summed E-state index contributed by atoms with van der Waals surface area (Å²) in [6.45, 7) is 3.59. The number of nitro groups is 1. The van der Waals surface area contributed by atoms with Gasteiger partial charge in [-0.25, -0.2) is 4.98 Å². The van der Waals surface area contributed by atoms with E-state index < -0.39 is 4.92 Å². The quantitative estimate of drug-likeness (QED) is 0.635. The third kappa shape index (κ3) is 2.91. The molecule has 1 fully saturated rings. The van der Waals surface area contributed by atoms with E-state index in [1.54, 1.807) is 6.92 Å². The van der Waals surface area contributed by atoms with Gasteiger partial charge in [-0.3, -0.25) is 10.1 Å². The van der Waals surface area contributed by atoms with E-state index in [1.807, 2.05) is 0 Å². The van der Waals surface area contributed by atoms with Gasteiger partial charge in [-0.2, -0.15) is 0 Å². The van der Waals surface area contributed by atoms with Crippen molar-refractivity contribution in [2.45, 2.75) is 25.9 Å². The highest BCUT2D eigenvalue weighted by Crippen LogP contribution is 2.21. The molecule has 0 amide bonds. The van der Waals surface area contributed by atoms with Gasteiger partial charge < -0.3 is 10.1 Å². The van der Waals surface area contributed by atoms with Gasteiger partial charge >= 0.3 is 0 Å². The Balaban J connectivity index is 2.08. The topological polar surface area (TPSA) is 77.3 Å². The molecule has 0 saturated carbocycles.